The third-order valence-electron chi connectivity index (χ3n) is 5.42. The Balaban J connectivity index is 1.65. The molecule has 0 heterocycles. The fraction of sp³-hybridized carbons (Fsp3) is 0.292. The third-order valence-corrected chi connectivity index (χ3v) is 6.84. The highest BCUT2D eigenvalue weighted by molar-refractivity contribution is 8.00. The highest BCUT2D eigenvalue weighted by Crippen LogP contribution is 2.35. The molecule has 3 N–H and O–H groups in total. The summed E-state index contributed by atoms with van der Waals surface area (Å²) in [7, 11) is 0. The number of carboxylic acids is 1. The van der Waals surface area contributed by atoms with Crippen LogP contribution in [0.15, 0.2) is 59.5 Å². The molecule has 1 aliphatic rings. The number of benzene rings is 2. The first-order chi connectivity index (χ1) is 16.5. The van der Waals surface area contributed by atoms with Gasteiger partial charge in [0, 0.05) is 10.6 Å². The number of carboxylic acid groups (broad SMARTS) is 1. The van der Waals surface area contributed by atoms with Crippen LogP contribution in [-0.4, -0.2) is 28.1 Å². The van der Waals surface area contributed by atoms with Gasteiger partial charge in [-0.25, -0.2) is 0 Å². The molecule has 2 aromatic rings. The van der Waals surface area contributed by atoms with E-state index in [0.29, 0.717) is 17.0 Å². The number of hydrogen-bond acceptors (Lipinski definition) is 4. The molecule has 0 radical (unpaired) electrons. The van der Waals surface area contributed by atoms with Gasteiger partial charge in [0.25, 0.3) is 0 Å². The van der Waals surface area contributed by atoms with Gasteiger partial charge in [0.2, 0.25) is 11.8 Å². The van der Waals surface area contributed by atoms with Crippen LogP contribution in [0.2, 0.25) is 5.02 Å². The maximum Gasteiger partial charge on any atom is 0.416 e. The topological polar surface area (TPSA) is 95.5 Å². The number of allylic oxidation sites excluding steroid dienone is 2. The summed E-state index contributed by atoms with van der Waals surface area (Å²) in [6.45, 7) is 1.58. The van der Waals surface area contributed by atoms with Crippen molar-refractivity contribution in [1.29, 1.82) is 0 Å². The van der Waals surface area contributed by atoms with Crippen LogP contribution < -0.4 is 10.6 Å². The molecule has 2 aromatic carbocycles. The van der Waals surface area contributed by atoms with E-state index in [9.17, 15) is 32.7 Å². The molecule has 0 spiro atoms. The Kier molecular flexibility index (Phi) is 8.50. The third kappa shape index (κ3) is 7.02. The lowest BCUT2D eigenvalue weighted by atomic mass is 9.82. The molecule has 0 bridgehead atoms. The van der Waals surface area contributed by atoms with Crippen LogP contribution in [0.1, 0.15) is 25.3 Å². The molecule has 35 heavy (non-hydrogen) atoms. The minimum absolute atomic E-state index is 0.0227. The Bertz CT molecular complexity index is 1160. The number of anilines is 2. The summed E-state index contributed by atoms with van der Waals surface area (Å²) in [5.74, 6) is -3.49. The molecule has 11 heteroatoms. The number of carbonyl (C=O) groups excluding carboxylic acids is 2. The summed E-state index contributed by atoms with van der Waals surface area (Å²) >= 11 is 7.08. The molecule has 0 aromatic heterocycles. The van der Waals surface area contributed by atoms with Gasteiger partial charge in [-0.1, -0.05) is 29.8 Å². The van der Waals surface area contributed by atoms with Crippen LogP contribution in [0.3, 0.4) is 0 Å². The van der Waals surface area contributed by atoms with Gasteiger partial charge in [-0.15, -0.1) is 11.8 Å². The van der Waals surface area contributed by atoms with E-state index in [0.717, 1.165) is 30.0 Å². The number of carbonyl (C=O) groups is 3. The van der Waals surface area contributed by atoms with Crippen molar-refractivity contribution in [2.24, 2.45) is 11.8 Å². The predicted octanol–water partition coefficient (Wildman–Crippen LogP) is 6.08. The van der Waals surface area contributed by atoms with E-state index >= 15 is 0 Å². The number of hydrogen-bond donors (Lipinski definition) is 3. The molecular weight excluding hydrogens is 505 g/mol. The second kappa shape index (κ2) is 11.2. The van der Waals surface area contributed by atoms with Crippen molar-refractivity contribution in [3.8, 4) is 0 Å². The average molecular weight is 527 g/mol. The first kappa shape index (κ1) is 26.6. The maximum atomic E-state index is 13.0. The van der Waals surface area contributed by atoms with Crippen LogP contribution in [0.4, 0.5) is 24.5 Å². The summed E-state index contributed by atoms with van der Waals surface area (Å²) in [5.41, 5.74) is -0.638. The zero-order valence-corrected chi connectivity index (χ0v) is 20.0. The Hall–Kier alpha value is -2.98. The Morgan fingerprint density at radius 3 is 2.40 bits per heavy atom. The van der Waals surface area contributed by atoms with Crippen molar-refractivity contribution in [3.05, 3.63) is 65.2 Å². The fourth-order valence-corrected chi connectivity index (χ4v) is 4.64. The fourth-order valence-electron chi connectivity index (χ4n) is 3.55. The molecule has 3 atom stereocenters. The molecule has 3 unspecified atom stereocenters. The van der Waals surface area contributed by atoms with E-state index in [-0.39, 0.29) is 17.1 Å². The SMILES string of the molecule is CC(Sc1cccc(NC(=O)C2CC=CCC2C(=O)O)c1)C(=O)Nc1cc(C(F)(F)F)ccc1Cl. The first-order valence-electron chi connectivity index (χ1n) is 10.6. The van der Waals surface area contributed by atoms with E-state index in [1.165, 1.54) is 0 Å². The van der Waals surface area contributed by atoms with Crippen molar-refractivity contribution in [2.75, 3.05) is 10.6 Å². The lowest BCUT2D eigenvalue weighted by Gasteiger charge is -2.24. The van der Waals surface area contributed by atoms with Crippen molar-refractivity contribution < 1.29 is 32.7 Å². The Labute approximate surface area is 208 Å². The number of aliphatic carboxylic acids is 1. The number of rotatable bonds is 7. The Morgan fingerprint density at radius 2 is 1.74 bits per heavy atom. The Morgan fingerprint density at radius 1 is 1.06 bits per heavy atom. The van der Waals surface area contributed by atoms with Crippen molar-refractivity contribution >= 4 is 52.5 Å². The monoisotopic (exact) mass is 526 g/mol. The average Bonchev–Trinajstić information content (AvgIpc) is 2.79. The molecule has 3 rings (SSSR count). The smallest absolute Gasteiger partial charge is 0.416 e. The van der Waals surface area contributed by atoms with Crippen LogP contribution in [0.25, 0.3) is 0 Å². The maximum absolute atomic E-state index is 13.0. The summed E-state index contributed by atoms with van der Waals surface area (Å²) < 4.78 is 38.9. The number of nitrogens with one attached hydrogen (secondary N) is 2. The van der Waals surface area contributed by atoms with Gasteiger partial charge in [0.15, 0.2) is 0 Å². The van der Waals surface area contributed by atoms with Gasteiger partial charge >= 0.3 is 12.1 Å². The first-order valence-corrected chi connectivity index (χ1v) is 11.8. The summed E-state index contributed by atoms with van der Waals surface area (Å²) in [6, 6.07) is 9.34. The lowest BCUT2D eigenvalue weighted by Crippen LogP contribution is -2.34. The summed E-state index contributed by atoms with van der Waals surface area (Å²) in [5, 5.41) is 13.8. The lowest BCUT2D eigenvalue weighted by molar-refractivity contribution is -0.146. The molecular formula is C24H22ClF3N2O4S. The largest absolute Gasteiger partial charge is 0.481 e. The molecule has 186 valence electrons. The van der Waals surface area contributed by atoms with E-state index in [1.807, 2.05) is 0 Å². The normalized spacial score (nSPS) is 18.5. The van der Waals surface area contributed by atoms with Gasteiger partial charge in [-0.2, -0.15) is 13.2 Å². The second-order valence-corrected chi connectivity index (χ2v) is 9.77. The zero-order valence-electron chi connectivity index (χ0n) is 18.4. The van der Waals surface area contributed by atoms with E-state index in [1.54, 1.807) is 43.3 Å². The highest BCUT2D eigenvalue weighted by Gasteiger charge is 2.34. The molecule has 6 nitrogen and oxygen atoms in total. The van der Waals surface area contributed by atoms with Crippen molar-refractivity contribution in [1.82, 2.24) is 0 Å². The van der Waals surface area contributed by atoms with Gasteiger partial charge in [-0.05, 0) is 56.2 Å². The van der Waals surface area contributed by atoms with E-state index in [2.05, 4.69) is 10.6 Å². The standard InChI is InChI=1S/C24H22ClF3N2O4S/c1-13(21(31)30-20-11-14(24(26,27)28)9-10-19(20)25)35-16-6-4-5-15(12-16)29-22(32)17-7-2-3-8-18(17)23(33)34/h2-6,9-13,17-18H,7-8H2,1H3,(H,29,32)(H,30,31)(H,33,34). The van der Waals surface area contributed by atoms with E-state index < -0.39 is 46.6 Å². The number of thioether (sulfide) groups is 1. The highest BCUT2D eigenvalue weighted by atomic mass is 35.5. The molecule has 2 amide bonds. The van der Waals surface area contributed by atoms with Gasteiger partial charge in [0.1, 0.15) is 0 Å². The van der Waals surface area contributed by atoms with Crippen LogP contribution in [-0.2, 0) is 20.6 Å². The molecule has 0 saturated carbocycles. The summed E-state index contributed by atoms with van der Waals surface area (Å²) in [4.78, 5) is 37.4. The summed E-state index contributed by atoms with van der Waals surface area (Å²) in [6.07, 6.45) is -0.433. The number of halogens is 4. The van der Waals surface area contributed by atoms with Crippen LogP contribution in [0, 0.1) is 11.8 Å². The number of amides is 2. The molecule has 0 aliphatic heterocycles. The van der Waals surface area contributed by atoms with Crippen LogP contribution >= 0.6 is 23.4 Å². The molecule has 0 fully saturated rings. The zero-order chi connectivity index (χ0) is 25.8. The van der Waals surface area contributed by atoms with Crippen molar-refractivity contribution in [2.45, 2.75) is 36.1 Å². The van der Waals surface area contributed by atoms with Crippen molar-refractivity contribution in [3.63, 3.8) is 0 Å². The molecule has 0 saturated heterocycles. The minimum Gasteiger partial charge on any atom is -0.481 e. The number of alkyl halides is 3. The predicted molar refractivity (Wildman–Crippen MR) is 128 cm³/mol. The quantitative estimate of drug-likeness (QED) is 0.300. The van der Waals surface area contributed by atoms with E-state index in [4.69, 9.17) is 11.6 Å². The van der Waals surface area contributed by atoms with Gasteiger partial charge < -0.3 is 15.7 Å². The molecule has 1 aliphatic carbocycles. The van der Waals surface area contributed by atoms with Crippen LogP contribution in [0.5, 0.6) is 0 Å². The second-order valence-electron chi connectivity index (χ2n) is 7.95. The van der Waals surface area contributed by atoms with Gasteiger partial charge in [0.05, 0.1) is 33.4 Å². The van der Waals surface area contributed by atoms with Gasteiger partial charge in [-0.3, -0.25) is 14.4 Å². The minimum atomic E-state index is -4.58.